The molecule has 0 bridgehead atoms. The molecule has 0 aromatic carbocycles. The monoisotopic (exact) mass is 228 g/mol. The van der Waals surface area contributed by atoms with Crippen LogP contribution in [0.2, 0.25) is 0 Å². The molecule has 0 aromatic rings. The number of aliphatic hydroxyl groups excluding tert-OH is 1. The third-order valence-electron chi connectivity index (χ3n) is 2.92. The van der Waals surface area contributed by atoms with Crippen molar-refractivity contribution in [2.45, 2.75) is 45.8 Å². The Balaban J connectivity index is 2.60. The molecule has 1 aliphatic rings. The van der Waals surface area contributed by atoms with E-state index in [0.29, 0.717) is 31.5 Å². The molecule has 94 valence electrons. The second-order valence-corrected chi connectivity index (χ2v) is 5.18. The third kappa shape index (κ3) is 4.49. The minimum Gasteiger partial charge on any atom is -0.392 e. The second-order valence-electron chi connectivity index (χ2n) is 5.18. The van der Waals surface area contributed by atoms with Gasteiger partial charge in [0.15, 0.2) is 0 Å². The molecule has 2 N–H and O–H groups in total. The van der Waals surface area contributed by atoms with Gasteiger partial charge in [-0.2, -0.15) is 0 Å². The van der Waals surface area contributed by atoms with Gasteiger partial charge in [0.1, 0.15) is 0 Å². The quantitative estimate of drug-likeness (QED) is 0.741. The van der Waals surface area contributed by atoms with E-state index >= 15 is 0 Å². The molecule has 4 heteroatoms. The summed E-state index contributed by atoms with van der Waals surface area (Å²) in [7, 11) is 0. The highest BCUT2D eigenvalue weighted by molar-refractivity contribution is 5.76. The van der Waals surface area contributed by atoms with Crippen molar-refractivity contribution in [1.29, 1.82) is 0 Å². The van der Waals surface area contributed by atoms with Gasteiger partial charge in [-0.3, -0.25) is 9.69 Å². The molecule has 0 saturated carbocycles. The minimum absolute atomic E-state index is 0.127. The fourth-order valence-electron chi connectivity index (χ4n) is 2.23. The van der Waals surface area contributed by atoms with E-state index < -0.39 is 0 Å². The van der Waals surface area contributed by atoms with Crippen LogP contribution in [0.4, 0.5) is 0 Å². The van der Waals surface area contributed by atoms with Crippen LogP contribution in [0.1, 0.15) is 33.6 Å². The fraction of sp³-hybridized carbons (Fsp3) is 0.917. The normalized spacial score (nSPS) is 25.3. The van der Waals surface area contributed by atoms with E-state index in [1.807, 2.05) is 0 Å². The van der Waals surface area contributed by atoms with Crippen LogP contribution in [-0.4, -0.2) is 47.7 Å². The Morgan fingerprint density at radius 2 is 2.19 bits per heavy atom. The maximum absolute atomic E-state index is 11.3. The predicted octanol–water partition coefficient (Wildman–Crippen LogP) is 0.604. The number of aliphatic hydroxyl groups is 1. The number of nitrogens with one attached hydrogen (secondary N) is 1. The highest BCUT2D eigenvalue weighted by Crippen LogP contribution is 2.14. The van der Waals surface area contributed by atoms with E-state index in [1.165, 1.54) is 0 Å². The number of rotatable bonds is 4. The number of hydrogen-bond donors (Lipinski definition) is 2. The van der Waals surface area contributed by atoms with E-state index in [1.54, 1.807) is 6.92 Å². The van der Waals surface area contributed by atoms with Crippen LogP contribution in [0.3, 0.4) is 0 Å². The van der Waals surface area contributed by atoms with E-state index in [9.17, 15) is 9.90 Å². The fourth-order valence-corrected chi connectivity index (χ4v) is 2.23. The highest BCUT2D eigenvalue weighted by Gasteiger charge is 2.24. The van der Waals surface area contributed by atoms with Crippen molar-refractivity contribution < 1.29 is 9.90 Å². The maximum atomic E-state index is 11.3. The van der Waals surface area contributed by atoms with Crippen LogP contribution in [0, 0.1) is 5.92 Å². The van der Waals surface area contributed by atoms with Crippen LogP contribution in [-0.2, 0) is 4.79 Å². The molecule has 16 heavy (non-hydrogen) atoms. The summed E-state index contributed by atoms with van der Waals surface area (Å²) >= 11 is 0. The molecule has 1 rings (SSSR count). The Morgan fingerprint density at radius 3 is 2.75 bits per heavy atom. The molecule has 2 unspecified atom stereocenters. The van der Waals surface area contributed by atoms with Gasteiger partial charge in [-0.05, 0) is 19.3 Å². The van der Waals surface area contributed by atoms with Crippen molar-refractivity contribution in [1.82, 2.24) is 10.2 Å². The van der Waals surface area contributed by atoms with Gasteiger partial charge >= 0.3 is 0 Å². The zero-order valence-corrected chi connectivity index (χ0v) is 10.6. The van der Waals surface area contributed by atoms with E-state index in [4.69, 9.17) is 0 Å². The lowest BCUT2D eigenvalue weighted by Gasteiger charge is -2.31. The molecular formula is C12H24N2O2. The first-order valence-corrected chi connectivity index (χ1v) is 6.18. The topological polar surface area (TPSA) is 52.6 Å². The summed E-state index contributed by atoms with van der Waals surface area (Å²) in [4.78, 5) is 13.6. The van der Waals surface area contributed by atoms with Gasteiger partial charge in [-0.25, -0.2) is 0 Å². The average Bonchev–Trinajstić information content (AvgIpc) is 2.31. The van der Waals surface area contributed by atoms with Crippen molar-refractivity contribution in [2.75, 3.05) is 19.6 Å². The molecule has 1 saturated heterocycles. The summed E-state index contributed by atoms with van der Waals surface area (Å²) in [6.07, 6.45) is 1.27. The minimum atomic E-state index is -0.331. The van der Waals surface area contributed by atoms with Crippen LogP contribution in [0.15, 0.2) is 0 Å². The Labute approximate surface area is 98.0 Å². The van der Waals surface area contributed by atoms with Gasteiger partial charge in [0.05, 0.1) is 6.10 Å². The van der Waals surface area contributed by atoms with Crippen LogP contribution < -0.4 is 5.32 Å². The van der Waals surface area contributed by atoms with E-state index in [2.05, 4.69) is 24.1 Å². The number of amides is 1. The third-order valence-corrected chi connectivity index (χ3v) is 2.92. The van der Waals surface area contributed by atoms with E-state index in [-0.39, 0.29) is 12.0 Å². The van der Waals surface area contributed by atoms with Gasteiger partial charge in [0, 0.05) is 32.1 Å². The largest absolute Gasteiger partial charge is 0.392 e. The van der Waals surface area contributed by atoms with Crippen molar-refractivity contribution in [2.24, 2.45) is 5.92 Å². The average molecular weight is 228 g/mol. The molecule has 2 atom stereocenters. The lowest BCUT2D eigenvalue weighted by molar-refractivity contribution is -0.120. The molecule has 1 amide bonds. The van der Waals surface area contributed by atoms with Crippen molar-refractivity contribution in [3.05, 3.63) is 0 Å². The van der Waals surface area contributed by atoms with Crippen molar-refractivity contribution in [3.63, 3.8) is 0 Å². The van der Waals surface area contributed by atoms with Crippen LogP contribution in [0.25, 0.3) is 0 Å². The SMILES string of the molecule is CC(C)CC1CNC(=O)CCN1CC(C)O. The van der Waals surface area contributed by atoms with Crippen LogP contribution in [0.5, 0.6) is 0 Å². The van der Waals surface area contributed by atoms with Crippen molar-refractivity contribution in [3.8, 4) is 0 Å². The lowest BCUT2D eigenvalue weighted by Crippen LogP contribution is -2.43. The molecule has 1 heterocycles. The number of hydrogen-bond acceptors (Lipinski definition) is 3. The first-order chi connectivity index (χ1) is 7.49. The second kappa shape index (κ2) is 6.21. The van der Waals surface area contributed by atoms with Gasteiger partial charge in [-0.15, -0.1) is 0 Å². The summed E-state index contributed by atoms with van der Waals surface area (Å²) in [5.41, 5.74) is 0. The molecule has 0 spiro atoms. The summed E-state index contributed by atoms with van der Waals surface area (Å²) < 4.78 is 0. The summed E-state index contributed by atoms with van der Waals surface area (Å²) in [5, 5.41) is 12.4. The zero-order valence-electron chi connectivity index (χ0n) is 10.6. The predicted molar refractivity (Wildman–Crippen MR) is 64.1 cm³/mol. The van der Waals surface area contributed by atoms with Crippen LogP contribution >= 0.6 is 0 Å². The number of carbonyl (C=O) groups excluding carboxylic acids is 1. The summed E-state index contributed by atoms with van der Waals surface area (Å²) in [6.45, 7) is 8.30. The first kappa shape index (κ1) is 13.5. The molecule has 1 aliphatic heterocycles. The molecule has 0 aliphatic carbocycles. The Morgan fingerprint density at radius 1 is 1.50 bits per heavy atom. The number of β-amino-alcohol motifs (C(OH)–C–C–N with tert-alkyl or cyclic N) is 1. The zero-order chi connectivity index (χ0) is 12.1. The molecule has 0 aromatic heterocycles. The molecule has 0 radical (unpaired) electrons. The van der Waals surface area contributed by atoms with Crippen molar-refractivity contribution >= 4 is 5.91 Å². The van der Waals surface area contributed by atoms with E-state index in [0.717, 1.165) is 13.0 Å². The standard InChI is InChI=1S/C12H24N2O2/c1-9(2)6-11-7-13-12(16)4-5-14(11)8-10(3)15/h9-11,15H,4-8H2,1-3H3,(H,13,16). The summed E-state index contributed by atoms with van der Waals surface area (Å²) in [5.74, 6) is 0.735. The van der Waals surface area contributed by atoms with Gasteiger partial charge in [0.25, 0.3) is 0 Å². The van der Waals surface area contributed by atoms with Gasteiger partial charge in [-0.1, -0.05) is 13.8 Å². The summed E-state index contributed by atoms with van der Waals surface area (Å²) in [6, 6.07) is 0.362. The van der Waals surface area contributed by atoms with Gasteiger partial charge in [0.2, 0.25) is 5.91 Å². The lowest BCUT2D eigenvalue weighted by atomic mass is 10.0. The van der Waals surface area contributed by atoms with Gasteiger partial charge < -0.3 is 10.4 Å². The Bertz CT molecular complexity index is 207. The first-order valence-electron chi connectivity index (χ1n) is 6.18. The molecular weight excluding hydrogens is 204 g/mol. The maximum Gasteiger partial charge on any atom is 0.221 e. The highest BCUT2D eigenvalue weighted by atomic mass is 16.3. The Hall–Kier alpha value is -0.610. The molecule has 4 nitrogen and oxygen atoms in total. The number of carbonyl (C=O) groups is 1. The molecule has 1 fully saturated rings. The Kier molecular flexibility index (Phi) is 5.22. The smallest absolute Gasteiger partial charge is 0.221 e. The number of nitrogens with zero attached hydrogens (tertiary/aromatic N) is 1.